The van der Waals surface area contributed by atoms with Crippen molar-refractivity contribution in [3.63, 3.8) is 0 Å². The van der Waals surface area contributed by atoms with Gasteiger partial charge in [0.1, 0.15) is 12.4 Å². The van der Waals surface area contributed by atoms with Crippen LogP contribution in [-0.2, 0) is 16.2 Å². The van der Waals surface area contributed by atoms with Gasteiger partial charge < -0.3 is 15.4 Å². The summed E-state index contributed by atoms with van der Waals surface area (Å²) < 4.78 is 5.72. The van der Waals surface area contributed by atoms with Gasteiger partial charge in [0.2, 0.25) is 0 Å². The molecule has 2 N–H and O–H groups in total. The van der Waals surface area contributed by atoms with Crippen molar-refractivity contribution < 1.29 is 14.3 Å². The average molecular weight is 388 g/mol. The summed E-state index contributed by atoms with van der Waals surface area (Å²) in [6.07, 6.45) is 0. The minimum absolute atomic E-state index is 0.463. The molecule has 0 aromatic heterocycles. The number of benzene rings is 3. The van der Waals surface area contributed by atoms with E-state index in [0.29, 0.717) is 23.7 Å². The average Bonchev–Trinajstić information content (AvgIpc) is 2.70. The third kappa shape index (κ3) is 5.45. The molecule has 0 radical (unpaired) electrons. The van der Waals surface area contributed by atoms with Crippen molar-refractivity contribution in [3.05, 3.63) is 89.0 Å². The molecule has 0 saturated heterocycles. The van der Waals surface area contributed by atoms with Gasteiger partial charge in [-0.3, -0.25) is 9.59 Å². The molecule has 5 heteroatoms. The van der Waals surface area contributed by atoms with Crippen LogP contribution in [0.2, 0.25) is 0 Å². The number of ether oxygens (including phenoxy) is 1. The van der Waals surface area contributed by atoms with E-state index < -0.39 is 11.8 Å². The molecule has 0 unspecified atom stereocenters. The molecule has 0 heterocycles. The number of rotatable bonds is 5. The maximum Gasteiger partial charge on any atom is 0.314 e. The molecule has 0 fully saturated rings. The number of amides is 2. The first-order chi connectivity index (χ1) is 13.9. The molecule has 0 bridgehead atoms. The standard InChI is InChI=1S/C24H24N2O3/c1-16-13-17(2)22(18(3)14-16)26-24(28)23(27)25-20-9-11-21(12-10-20)29-15-19-7-5-4-6-8-19/h4-14H,15H2,1-3H3,(H,25,27)(H,26,28). The van der Waals surface area contributed by atoms with Gasteiger partial charge in [-0.25, -0.2) is 0 Å². The number of nitrogens with one attached hydrogen (secondary N) is 2. The summed E-state index contributed by atoms with van der Waals surface area (Å²) in [7, 11) is 0. The molecule has 3 rings (SSSR count). The summed E-state index contributed by atoms with van der Waals surface area (Å²) in [5, 5.41) is 5.31. The van der Waals surface area contributed by atoms with Crippen LogP contribution in [0.15, 0.2) is 66.7 Å². The van der Waals surface area contributed by atoms with Crippen molar-refractivity contribution in [2.24, 2.45) is 0 Å². The summed E-state index contributed by atoms with van der Waals surface area (Å²) in [5.41, 5.74) is 5.21. The Hall–Kier alpha value is -3.60. The number of hydrogen-bond acceptors (Lipinski definition) is 3. The molecule has 0 aliphatic heterocycles. The predicted octanol–water partition coefficient (Wildman–Crippen LogP) is 4.77. The van der Waals surface area contributed by atoms with Crippen LogP contribution in [0.1, 0.15) is 22.3 Å². The van der Waals surface area contributed by atoms with Crippen LogP contribution in [-0.4, -0.2) is 11.8 Å². The first-order valence-electron chi connectivity index (χ1n) is 9.39. The van der Waals surface area contributed by atoms with Crippen LogP contribution in [0.25, 0.3) is 0 Å². The highest BCUT2D eigenvalue weighted by Gasteiger charge is 2.16. The van der Waals surface area contributed by atoms with E-state index in [1.165, 1.54) is 0 Å². The molecule has 5 nitrogen and oxygen atoms in total. The van der Waals surface area contributed by atoms with Gasteiger partial charge in [0.05, 0.1) is 0 Å². The molecule has 0 aliphatic rings. The zero-order valence-corrected chi connectivity index (χ0v) is 16.8. The van der Waals surface area contributed by atoms with Crippen molar-refractivity contribution in [1.29, 1.82) is 0 Å². The molecular formula is C24H24N2O3. The van der Waals surface area contributed by atoms with E-state index in [-0.39, 0.29) is 0 Å². The van der Waals surface area contributed by atoms with E-state index in [2.05, 4.69) is 10.6 Å². The lowest BCUT2D eigenvalue weighted by atomic mass is 10.1. The van der Waals surface area contributed by atoms with Crippen molar-refractivity contribution in [2.75, 3.05) is 10.6 Å². The molecule has 3 aromatic rings. The van der Waals surface area contributed by atoms with Crippen molar-refractivity contribution in [3.8, 4) is 5.75 Å². The Morgan fingerprint density at radius 2 is 1.38 bits per heavy atom. The highest BCUT2D eigenvalue weighted by molar-refractivity contribution is 6.43. The second kappa shape index (κ2) is 9.06. The lowest BCUT2D eigenvalue weighted by molar-refractivity contribution is -0.133. The first-order valence-corrected chi connectivity index (χ1v) is 9.39. The molecule has 148 valence electrons. The minimum atomic E-state index is -0.720. The van der Waals surface area contributed by atoms with Crippen LogP contribution >= 0.6 is 0 Å². The normalized spacial score (nSPS) is 10.3. The Balaban J connectivity index is 1.57. The van der Waals surface area contributed by atoms with E-state index in [0.717, 1.165) is 22.3 Å². The fourth-order valence-electron chi connectivity index (χ4n) is 3.11. The molecular weight excluding hydrogens is 364 g/mol. The van der Waals surface area contributed by atoms with Crippen LogP contribution in [0.3, 0.4) is 0 Å². The largest absolute Gasteiger partial charge is 0.489 e. The number of carbonyl (C=O) groups excluding carboxylic acids is 2. The smallest absolute Gasteiger partial charge is 0.314 e. The maximum absolute atomic E-state index is 12.3. The highest BCUT2D eigenvalue weighted by atomic mass is 16.5. The Kier molecular flexibility index (Phi) is 6.29. The van der Waals surface area contributed by atoms with Gasteiger partial charge in [0.25, 0.3) is 0 Å². The predicted molar refractivity (Wildman–Crippen MR) is 115 cm³/mol. The monoisotopic (exact) mass is 388 g/mol. The Morgan fingerprint density at radius 1 is 0.793 bits per heavy atom. The fourth-order valence-corrected chi connectivity index (χ4v) is 3.11. The lowest BCUT2D eigenvalue weighted by Gasteiger charge is -2.13. The summed E-state index contributed by atoms with van der Waals surface area (Å²) in [5.74, 6) is -0.742. The highest BCUT2D eigenvalue weighted by Crippen LogP contribution is 2.22. The number of aryl methyl sites for hydroxylation is 3. The number of anilines is 2. The van der Waals surface area contributed by atoms with Gasteiger partial charge >= 0.3 is 11.8 Å². The van der Waals surface area contributed by atoms with Gasteiger partial charge in [-0.1, -0.05) is 48.0 Å². The van der Waals surface area contributed by atoms with Crippen LogP contribution in [0, 0.1) is 20.8 Å². The first kappa shape index (κ1) is 20.1. The van der Waals surface area contributed by atoms with Gasteiger partial charge in [-0.2, -0.15) is 0 Å². The van der Waals surface area contributed by atoms with Crippen LogP contribution < -0.4 is 15.4 Å². The van der Waals surface area contributed by atoms with E-state index in [9.17, 15) is 9.59 Å². The van der Waals surface area contributed by atoms with Gasteiger partial charge in [-0.05, 0) is 61.7 Å². The summed E-state index contributed by atoms with van der Waals surface area (Å²) in [6, 6.07) is 20.7. The summed E-state index contributed by atoms with van der Waals surface area (Å²) in [4.78, 5) is 24.5. The van der Waals surface area contributed by atoms with E-state index in [4.69, 9.17) is 4.74 Å². The van der Waals surface area contributed by atoms with Gasteiger partial charge in [-0.15, -0.1) is 0 Å². The van der Waals surface area contributed by atoms with Crippen LogP contribution in [0.5, 0.6) is 5.75 Å². The number of carbonyl (C=O) groups is 2. The molecule has 0 aliphatic carbocycles. The molecule has 0 saturated carbocycles. The molecule has 2 amide bonds. The SMILES string of the molecule is Cc1cc(C)c(NC(=O)C(=O)Nc2ccc(OCc3ccccc3)cc2)c(C)c1. The van der Waals surface area contributed by atoms with Crippen molar-refractivity contribution >= 4 is 23.2 Å². The fraction of sp³-hybridized carbons (Fsp3) is 0.167. The van der Waals surface area contributed by atoms with Crippen molar-refractivity contribution in [2.45, 2.75) is 27.4 Å². The third-order valence-corrected chi connectivity index (χ3v) is 4.48. The summed E-state index contributed by atoms with van der Waals surface area (Å²) in [6.45, 7) is 6.26. The zero-order chi connectivity index (χ0) is 20.8. The van der Waals surface area contributed by atoms with Gasteiger partial charge in [0.15, 0.2) is 0 Å². The minimum Gasteiger partial charge on any atom is -0.489 e. The van der Waals surface area contributed by atoms with E-state index in [1.807, 2.05) is 63.2 Å². The number of hydrogen-bond donors (Lipinski definition) is 2. The lowest BCUT2D eigenvalue weighted by Crippen LogP contribution is -2.29. The van der Waals surface area contributed by atoms with Crippen LogP contribution in [0.4, 0.5) is 11.4 Å². The Labute approximate surface area is 170 Å². The third-order valence-electron chi connectivity index (χ3n) is 4.48. The Morgan fingerprint density at radius 3 is 2.00 bits per heavy atom. The summed E-state index contributed by atoms with van der Waals surface area (Å²) >= 11 is 0. The molecule has 0 atom stereocenters. The molecule has 3 aromatic carbocycles. The Bertz CT molecular complexity index is 989. The molecule has 29 heavy (non-hydrogen) atoms. The maximum atomic E-state index is 12.3. The topological polar surface area (TPSA) is 67.4 Å². The quantitative estimate of drug-likeness (QED) is 0.619. The second-order valence-electron chi connectivity index (χ2n) is 6.98. The zero-order valence-electron chi connectivity index (χ0n) is 16.8. The van der Waals surface area contributed by atoms with Gasteiger partial charge in [0, 0.05) is 11.4 Å². The van der Waals surface area contributed by atoms with Crippen molar-refractivity contribution in [1.82, 2.24) is 0 Å². The molecule has 0 spiro atoms. The van der Waals surface area contributed by atoms with E-state index >= 15 is 0 Å². The second-order valence-corrected chi connectivity index (χ2v) is 6.98. The van der Waals surface area contributed by atoms with E-state index in [1.54, 1.807) is 24.3 Å².